The quantitative estimate of drug-likeness (QED) is 0.773. The number of methoxy groups -OCH3 is 1. The molecule has 0 aliphatic heterocycles. The number of sulfonamides is 1. The van der Waals surface area contributed by atoms with E-state index < -0.39 is 10.0 Å². The molecule has 0 spiro atoms. The van der Waals surface area contributed by atoms with Crippen molar-refractivity contribution in [2.24, 2.45) is 0 Å². The molecule has 0 aliphatic rings. The lowest BCUT2D eigenvalue weighted by atomic mass is 10.3. The number of benzene rings is 1. The van der Waals surface area contributed by atoms with Crippen LogP contribution >= 0.6 is 11.3 Å². The van der Waals surface area contributed by atoms with Crippen LogP contribution in [0.2, 0.25) is 0 Å². The summed E-state index contributed by atoms with van der Waals surface area (Å²) in [5, 5.41) is 9.82. The monoisotopic (exact) mass is 342 g/mol. The fraction of sp³-hybridized carbons (Fsp3) is 0.250. The maximum Gasteiger partial charge on any atom is 0.291 e. The van der Waals surface area contributed by atoms with E-state index >= 15 is 0 Å². The van der Waals surface area contributed by atoms with Crippen molar-refractivity contribution in [3.05, 3.63) is 24.3 Å². The van der Waals surface area contributed by atoms with E-state index in [1.165, 1.54) is 7.11 Å². The Morgan fingerprint density at radius 2 is 1.95 bits per heavy atom. The summed E-state index contributed by atoms with van der Waals surface area (Å²) in [5.74, 6) is 0.353. The molecule has 0 saturated carbocycles. The largest absolute Gasteiger partial charge is 0.497 e. The van der Waals surface area contributed by atoms with E-state index in [-0.39, 0.29) is 21.8 Å². The van der Waals surface area contributed by atoms with Gasteiger partial charge >= 0.3 is 0 Å². The standard InChI is InChI=1S/C12H14N4O4S2/c1-3-10(17)13-11-14-15-12(21-11)22(18,19)16-8-4-6-9(20-2)7-5-8/h4-7,16H,3H2,1-2H3,(H,13,14,17). The second-order valence-corrected chi connectivity index (χ2v) is 6.94. The molecule has 0 bridgehead atoms. The van der Waals surface area contributed by atoms with Crippen LogP contribution in [0.3, 0.4) is 0 Å². The number of hydrogen-bond donors (Lipinski definition) is 2. The number of nitrogens with one attached hydrogen (secondary N) is 2. The maximum atomic E-state index is 12.2. The van der Waals surface area contributed by atoms with Crippen molar-refractivity contribution in [3.8, 4) is 5.75 Å². The van der Waals surface area contributed by atoms with Gasteiger partial charge in [0.1, 0.15) is 5.75 Å². The maximum absolute atomic E-state index is 12.2. The van der Waals surface area contributed by atoms with Gasteiger partial charge in [0.25, 0.3) is 14.4 Å². The minimum Gasteiger partial charge on any atom is -0.497 e. The van der Waals surface area contributed by atoms with Crippen molar-refractivity contribution in [2.75, 3.05) is 17.1 Å². The topological polar surface area (TPSA) is 110 Å². The first-order chi connectivity index (χ1) is 10.4. The van der Waals surface area contributed by atoms with Gasteiger partial charge in [-0.2, -0.15) is 8.42 Å². The molecule has 0 unspecified atom stereocenters. The Balaban J connectivity index is 2.14. The van der Waals surface area contributed by atoms with Crippen molar-refractivity contribution in [1.29, 1.82) is 0 Å². The first kappa shape index (κ1) is 16.2. The zero-order chi connectivity index (χ0) is 16.2. The summed E-state index contributed by atoms with van der Waals surface area (Å²) in [4.78, 5) is 11.2. The van der Waals surface area contributed by atoms with Crippen LogP contribution < -0.4 is 14.8 Å². The third kappa shape index (κ3) is 3.92. The molecule has 0 aliphatic carbocycles. The predicted octanol–water partition coefficient (Wildman–Crippen LogP) is 1.70. The number of nitrogens with zero attached hydrogens (tertiary/aromatic N) is 2. The summed E-state index contributed by atoms with van der Waals surface area (Å²) in [6.45, 7) is 1.68. The van der Waals surface area contributed by atoms with E-state index in [1.807, 2.05) is 0 Å². The van der Waals surface area contributed by atoms with Crippen LogP contribution in [0.25, 0.3) is 0 Å². The molecule has 10 heteroatoms. The Bertz CT molecular complexity index is 756. The smallest absolute Gasteiger partial charge is 0.291 e. The lowest BCUT2D eigenvalue weighted by molar-refractivity contribution is -0.115. The van der Waals surface area contributed by atoms with E-state index in [0.29, 0.717) is 11.4 Å². The molecule has 2 aromatic rings. The summed E-state index contributed by atoms with van der Waals surface area (Å²) in [6.07, 6.45) is 0.270. The summed E-state index contributed by atoms with van der Waals surface area (Å²) >= 11 is 0.781. The molecule has 2 N–H and O–H groups in total. The molecule has 8 nitrogen and oxygen atoms in total. The normalized spacial score (nSPS) is 11.0. The lowest BCUT2D eigenvalue weighted by Crippen LogP contribution is -2.12. The summed E-state index contributed by atoms with van der Waals surface area (Å²) < 4.78 is 31.5. The highest BCUT2D eigenvalue weighted by molar-refractivity contribution is 7.94. The first-order valence-corrected chi connectivity index (χ1v) is 8.55. The molecule has 0 atom stereocenters. The molecular formula is C12H14N4O4S2. The number of aromatic nitrogens is 2. The number of amides is 1. The number of hydrogen-bond acceptors (Lipinski definition) is 7. The molecule has 1 aromatic heterocycles. The van der Waals surface area contributed by atoms with Crippen LogP contribution in [0.15, 0.2) is 28.6 Å². The number of carbonyl (C=O) groups is 1. The van der Waals surface area contributed by atoms with Gasteiger partial charge in [-0.1, -0.05) is 18.3 Å². The average Bonchev–Trinajstić information content (AvgIpc) is 2.97. The second-order valence-electron chi connectivity index (χ2n) is 4.11. The molecular weight excluding hydrogens is 328 g/mol. The molecule has 118 valence electrons. The van der Waals surface area contributed by atoms with Crippen molar-refractivity contribution >= 4 is 38.1 Å². The minimum absolute atomic E-state index is 0.141. The van der Waals surface area contributed by atoms with Gasteiger partial charge in [0, 0.05) is 12.1 Å². The van der Waals surface area contributed by atoms with E-state index in [1.54, 1.807) is 31.2 Å². The van der Waals surface area contributed by atoms with Crippen molar-refractivity contribution in [1.82, 2.24) is 10.2 Å². The highest BCUT2D eigenvalue weighted by Crippen LogP contribution is 2.23. The Morgan fingerprint density at radius 1 is 1.27 bits per heavy atom. The highest BCUT2D eigenvalue weighted by Gasteiger charge is 2.21. The fourth-order valence-electron chi connectivity index (χ4n) is 1.43. The average molecular weight is 342 g/mol. The number of carbonyl (C=O) groups excluding carboxylic acids is 1. The van der Waals surface area contributed by atoms with Gasteiger partial charge in [0.2, 0.25) is 11.0 Å². The van der Waals surface area contributed by atoms with Crippen molar-refractivity contribution in [2.45, 2.75) is 17.7 Å². The van der Waals surface area contributed by atoms with Crippen LogP contribution in [-0.4, -0.2) is 31.6 Å². The molecule has 2 rings (SSSR count). The summed E-state index contributed by atoms with van der Waals surface area (Å²) in [5.41, 5.74) is 0.371. The van der Waals surface area contributed by atoms with Gasteiger partial charge in [-0.15, -0.1) is 10.2 Å². The third-order valence-electron chi connectivity index (χ3n) is 2.55. The Labute approximate surface area is 131 Å². The van der Waals surface area contributed by atoms with Gasteiger partial charge in [-0.05, 0) is 24.3 Å². The van der Waals surface area contributed by atoms with Crippen LogP contribution in [-0.2, 0) is 14.8 Å². The summed E-state index contributed by atoms with van der Waals surface area (Å²) in [7, 11) is -2.33. The van der Waals surface area contributed by atoms with Crippen LogP contribution in [0.1, 0.15) is 13.3 Å². The molecule has 0 fully saturated rings. The van der Waals surface area contributed by atoms with Crippen LogP contribution in [0.5, 0.6) is 5.75 Å². The Morgan fingerprint density at radius 3 is 2.55 bits per heavy atom. The zero-order valence-electron chi connectivity index (χ0n) is 11.9. The highest BCUT2D eigenvalue weighted by atomic mass is 32.2. The minimum atomic E-state index is -3.85. The predicted molar refractivity (Wildman–Crippen MR) is 82.6 cm³/mol. The van der Waals surface area contributed by atoms with E-state index in [4.69, 9.17) is 4.74 Å². The number of anilines is 2. The Kier molecular flexibility index (Phi) is 4.93. The van der Waals surface area contributed by atoms with Crippen LogP contribution in [0.4, 0.5) is 10.8 Å². The third-order valence-corrected chi connectivity index (χ3v) is 5.13. The summed E-state index contributed by atoms with van der Waals surface area (Å²) in [6, 6.07) is 6.39. The van der Waals surface area contributed by atoms with E-state index in [0.717, 1.165) is 11.3 Å². The Hall–Kier alpha value is -2.20. The van der Waals surface area contributed by atoms with Gasteiger partial charge < -0.3 is 10.1 Å². The lowest BCUT2D eigenvalue weighted by Gasteiger charge is -2.05. The molecule has 0 radical (unpaired) electrons. The van der Waals surface area contributed by atoms with Gasteiger partial charge in [-0.25, -0.2) is 0 Å². The number of ether oxygens (including phenoxy) is 1. The van der Waals surface area contributed by atoms with Gasteiger partial charge in [0.15, 0.2) is 0 Å². The van der Waals surface area contributed by atoms with Crippen LogP contribution in [0, 0.1) is 0 Å². The second kappa shape index (κ2) is 6.71. The number of rotatable bonds is 6. The molecule has 1 amide bonds. The molecule has 1 heterocycles. The van der Waals surface area contributed by atoms with Gasteiger partial charge in [-0.3, -0.25) is 9.52 Å². The van der Waals surface area contributed by atoms with Crippen molar-refractivity contribution in [3.63, 3.8) is 0 Å². The van der Waals surface area contributed by atoms with E-state index in [9.17, 15) is 13.2 Å². The first-order valence-electron chi connectivity index (χ1n) is 6.25. The zero-order valence-corrected chi connectivity index (χ0v) is 13.5. The molecule has 0 saturated heterocycles. The van der Waals surface area contributed by atoms with Crippen molar-refractivity contribution < 1.29 is 17.9 Å². The SMILES string of the molecule is CCC(=O)Nc1nnc(S(=O)(=O)Nc2ccc(OC)cc2)s1. The molecule has 22 heavy (non-hydrogen) atoms. The fourth-order valence-corrected chi connectivity index (χ4v) is 3.41. The molecule has 1 aromatic carbocycles. The van der Waals surface area contributed by atoms with Gasteiger partial charge in [0.05, 0.1) is 7.11 Å². The van der Waals surface area contributed by atoms with E-state index in [2.05, 4.69) is 20.2 Å².